The van der Waals surface area contributed by atoms with Crippen LogP contribution in [0.1, 0.15) is 34.3 Å². The average molecular weight is 265 g/mol. The fraction of sp³-hybridized carbons (Fsp3) is 0.231. The molecule has 18 heavy (non-hydrogen) atoms. The number of carbonyl (C=O) groups is 1. The van der Waals surface area contributed by atoms with Gasteiger partial charge in [-0.25, -0.2) is 0 Å². The number of halogens is 1. The van der Waals surface area contributed by atoms with Crippen LogP contribution in [0.4, 0.5) is 0 Å². The third kappa shape index (κ3) is 3.11. The summed E-state index contributed by atoms with van der Waals surface area (Å²) in [5, 5.41) is 2.48. The van der Waals surface area contributed by atoms with Crippen molar-refractivity contribution in [1.82, 2.24) is 10.3 Å². The lowest BCUT2D eigenvalue weighted by Gasteiger charge is -2.02. The van der Waals surface area contributed by atoms with Crippen LogP contribution in [0.2, 0.25) is 0 Å². The highest BCUT2D eigenvalue weighted by atomic mass is 35.5. The molecule has 0 aromatic carbocycles. The van der Waals surface area contributed by atoms with Crippen molar-refractivity contribution in [2.24, 2.45) is 0 Å². The minimum absolute atomic E-state index is 0.248. The fourth-order valence-corrected chi connectivity index (χ4v) is 1.57. The molecule has 0 aliphatic rings. The van der Waals surface area contributed by atoms with Crippen LogP contribution in [-0.4, -0.2) is 10.9 Å². The van der Waals surface area contributed by atoms with E-state index in [0.29, 0.717) is 12.3 Å². The smallest absolute Gasteiger partial charge is 0.287 e. The van der Waals surface area contributed by atoms with Gasteiger partial charge in [0.1, 0.15) is 5.76 Å². The van der Waals surface area contributed by atoms with E-state index in [2.05, 4.69) is 10.3 Å². The molecule has 0 aliphatic heterocycles. The number of amides is 1. The maximum absolute atomic E-state index is 11.8. The van der Waals surface area contributed by atoms with Crippen molar-refractivity contribution in [3.05, 3.63) is 53.7 Å². The van der Waals surface area contributed by atoms with Crippen molar-refractivity contribution in [3.63, 3.8) is 0 Å². The SMILES string of the molecule is CC(Cl)c1ccc(C(=O)NCc2ccccn2)o1. The third-order valence-electron chi connectivity index (χ3n) is 2.40. The normalized spacial score (nSPS) is 12.1. The van der Waals surface area contributed by atoms with Crippen molar-refractivity contribution in [2.45, 2.75) is 18.8 Å². The molecule has 0 bridgehead atoms. The molecule has 1 N–H and O–H groups in total. The van der Waals surface area contributed by atoms with Gasteiger partial charge in [-0.15, -0.1) is 11.6 Å². The zero-order valence-electron chi connectivity index (χ0n) is 9.89. The van der Waals surface area contributed by atoms with E-state index in [0.717, 1.165) is 5.69 Å². The molecule has 0 spiro atoms. The minimum Gasteiger partial charge on any atom is -0.454 e. The van der Waals surface area contributed by atoms with E-state index in [-0.39, 0.29) is 17.0 Å². The van der Waals surface area contributed by atoms with Gasteiger partial charge in [-0.1, -0.05) is 6.07 Å². The number of carbonyl (C=O) groups excluding carboxylic acids is 1. The Morgan fingerprint density at radius 3 is 2.89 bits per heavy atom. The highest BCUT2D eigenvalue weighted by molar-refractivity contribution is 6.20. The predicted octanol–water partition coefficient (Wildman–Crippen LogP) is 2.90. The number of furan rings is 1. The van der Waals surface area contributed by atoms with Crippen LogP contribution in [0.15, 0.2) is 40.9 Å². The number of nitrogens with zero attached hydrogens (tertiary/aromatic N) is 1. The number of hydrogen-bond donors (Lipinski definition) is 1. The Kier molecular flexibility index (Phi) is 3.99. The number of aromatic nitrogens is 1. The molecule has 2 rings (SSSR count). The van der Waals surface area contributed by atoms with Crippen molar-refractivity contribution < 1.29 is 9.21 Å². The molecule has 1 amide bonds. The van der Waals surface area contributed by atoms with Gasteiger partial charge in [-0.2, -0.15) is 0 Å². The number of alkyl halides is 1. The van der Waals surface area contributed by atoms with Gasteiger partial charge in [0.25, 0.3) is 5.91 Å². The maximum Gasteiger partial charge on any atom is 0.287 e. The van der Waals surface area contributed by atoms with Gasteiger partial charge < -0.3 is 9.73 Å². The maximum atomic E-state index is 11.8. The average Bonchev–Trinajstić information content (AvgIpc) is 2.87. The highest BCUT2D eigenvalue weighted by Crippen LogP contribution is 2.21. The van der Waals surface area contributed by atoms with Gasteiger partial charge in [0.05, 0.1) is 17.6 Å². The lowest BCUT2D eigenvalue weighted by molar-refractivity contribution is 0.0921. The number of pyridine rings is 1. The van der Waals surface area contributed by atoms with Crippen molar-refractivity contribution in [2.75, 3.05) is 0 Å². The Labute approximate surface area is 110 Å². The van der Waals surface area contributed by atoms with Crippen molar-refractivity contribution >= 4 is 17.5 Å². The lowest BCUT2D eigenvalue weighted by atomic mass is 10.3. The largest absolute Gasteiger partial charge is 0.454 e. The topological polar surface area (TPSA) is 55.1 Å². The standard InChI is InChI=1S/C13H13ClN2O2/c1-9(14)11-5-6-12(18-11)13(17)16-8-10-4-2-3-7-15-10/h2-7,9H,8H2,1H3,(H,16,17). The monoisotopic (exact) mass is 264 g/mol. The zero-order chi connectivity index (χ0) is 13.0. The van der Waals surface area contributed by atoms with E-state index in [1.807, 2.05) is 18.2 Å². The fourth-order valence-electron chi connectivity index (χ4n) is 1.45. The van der Waals surface area contributed by atoms with E-state index >= 15 is 0 Å². The Bertz CT molecular complexity index is 523. The van der Waals surface area contributed by atoms with Crippen LogP contribution in [0, 0.1) is 0 Å². The molecule has 1 unspecified atom stereocenters. The second-order valence-corrected chi connectivity index (χ2v) is 4.48. The molecule has 0 aliphatic carbocycles. The molecule has 1 atom stereocenters. The quantitative estimate of drug-likeness (QED) is 0.864. The van der Waals surface area contributed by atoms with Gasteiger partial charge in [-0.3, -0.25) is 9.78 Å². The molecule has 2 aromatic heterocycles. The summed E-state index contributed by atoms with van der Waals surface area (Å²) in [6.07, 6.45) is 1.68. The van der Waals surface area contributed by atoms with Crippen LogP contribution in [0.5, 0.6) is 0 Å². The molecule has 5 heteroatoms. The Hall–Kier alpha value is -1.81. The van der Waals surface area contributed by atoms with Crippen LogP contribution < -0.4 is 5.32 Å². The molecule has 2 aromatic rings. The number of nitrogens with one attached hydrogen (secondary N) is 1. The molecule has 2 heterocycles. The molecule has 94 valence electrons. The molecule has 0 fully saturated rings. The molecular formula is C13H13ClN2O2. The van der Waals surface area contributed by atoms with Gasteiger partial charge in [0.2, 0.25) is 0 Å². The van der Waals surface area contributed by atoms with Gasteiger partial charge in [0, 0.05) is 6.20 Å². The van der Waals surface area contributed by atoms with Crippen LogP contribution in [-0.2, 0) is 6.54 Å². The first-order valence-electron chi connectivity index (χ1n) is 5.58. The zero-order valence-corrected chi connectivity index (χ0v) is 10.6. The van der Waals surface area contributed by atoms with Gasteiger partial charge >= 0.3 is 0 Å². The number of rotatable bonds is 4. The van der Waals surface area contributed by atoms with E-state index in [9.17, 15) is 4.79 Å². The van der Waals surface area contributed by atoms with Crippen LogP contribution >= 0.6 is 11.6 Å². The summed E-state index contributed by atoms with van der Waals surface area (Å²) in [4.78, 5) is 15.9. The summed E-state index contributed by atoms with van der Waals surface area (Å²) >= 11 is 5.86. The minimum atomic E-state index is -0.274. The van der Waals surface area contributed by atoms with E-state index in [1.165, 1.54) is 0 Å². The first kappa shape index (κ1) is 12.6. The van der Waals surface area contributed by atoms with Crippen LogP contribution in [0.25, 0.3) is 0 Å². The van der Waals surface area contributed by atoms with Crippen LogP contribution in [0.3, 0.4) is 0 Å². The van der Waals surface area contributed by atoms with Gasteiger partial charge in [0.15, 0.2) is 5.76 Å². The highest BCUT2D eigenvalue weighted by Gasteiger charge is 2.13. The summed E-state index contributed by atoms with van der Waals surface area (Å²) in [5.74, 6) is 0.567. The summed E-state index contributed by atoms with van der Waals surface area (Å²) in [7, 11) is 0. The second kappa shape index (κ2) is 5.69. The summed E-state index contributed by atoms with van der Waals surface area (Å²) < 4.78 is 5.33. The Balaban J connectivity index is 1.95. The lowest BCUT2D eigenvalue weighted by Crippen LogP contribution is -2.22. The summed E-state index contributed by atoms with van der Waals surface area (Å²) in [5.41, 5.74) is 0.795. The Morgan fingerprint density at radius 2 is 2.28 bits per heavy atom. The summed E-state index contributed by atoms with van der Waals surface area (Å²) in [6, 6.07) is 8.85. The van der Waals surface area contributed by atoms with E-state index < -0.39 is 0 Å². The van der Waals surface area contributed by atoms with Crippen molar-refractivity contribution in [3.8, 4) is 0 Å². The van der Waals surface area contributed by atoms with E-state index in [1.54, 1.807) is 25.3 Å². The van der Waals surface area contributed by atoms with Crippen molar-refractivity contribution in [1.29, 1.82) is 0 Å². The summed E-state index contributed by atoms with van der Waals surface area (Å²) in [6.45, 7) is 2.15. The molecule has 0 radical (unpaired) electrons. The van der Waals surface area contributed by atoms with Gasteiger partial charge in [-0.05, 0) is 31.2 Å². The first-order chi connectivity index (χ1) is 8.66. The first-order valence-corrected chi connectivity index (χ1v) is 6.02. The number of hydrogen-bond acceptors (Lipinski definition) is 3. The predicted molar refractivity (Wildman–Crippen MR) is 68.4 cm³/mol. The third-order valence-corrected chi connectivity index (χ3v) is 2.61. The second-order valence-electron chi connectivity index (χ2n) is 3.82. The van der Waals surface area contributed by atoms with E-state index in [4.69, 9.17) is 16.0 Å². The molecule has 0 saturated carbocycles. The molecule has 4 nitrogen and oxygen atoms in total. The molecular weight excluding hydrogens is 252 g/mol. The Morgan fingerprint density at radius 1 is 1.44 bits per heavy atom. The molecule has 0 saturated heterocycles.